The van der Waals surface area contributed by atoms with Crippen LogP contribution in [0.3, 0.4) is 0 Å². The summed E-state index contributed by atoms with van der Waals surface area (Å²) >= 11 is 1.85. The lowest BCUT2D eigenvalue weighted by Crippen LogP contribution is -2.32. The minimum Gasteiger partial charge on any atom is -0.319 e. The second kappa shape index (κ2) is 5.10. The number of hydrogen-bond donors (Lipinski definition) is 2. The standard InChI is InChI=1S/C12H20N2S/c1-13-9-12(5-6-12)10-14-7-4-11-3-2-8-15-11/h2-3,8,13-14H,4-7,9-10H2,1H3. The monoisotopic (exact) mass is 224 g/mol. The van der Waals surface area contributed by atoms with Crippen LogP contribution in [0.4, 0.5) is 0 Å². The van der Waals surface area contributed by atoms with Gasteiger partial charge in [-0.1, -0.05) is 6.07 Å². The minimum atomic E-state index is 0.587. The quantitative estimate of drug-likeness (QED) is 0.691. The first-order valence-electron chi connectivity index (χ1n) is 5.72. The molecule has 15 heavy (non-hydrogen) atoms. The molecule has 0 amide bonds. The molecule has 3 heteroatoms. The first kappa shape index (κ1) is 11.1. The second-order valence-electron chi connectivity index (χ2n) is 4.54. The lowest BCUT2D eigenvalue weighted by Gasteiger charge is -2.14. The molecule has 0 unspecified atom stereocenters. The van der Waals surface area contributed by atoms with E-state index in [0.29, 0.717) is 5.41 Å². The minimum absolute atomic E-state index is 0.587. The Bertz CT molecular complexity index is 278. The molecule has 0 saturated heterocycles. The number of rotatable bonds is 7. The third kappa shape index (κ3) is 3.30. The van der Waals surface area contributed by atoms with Gasteiger partial charge in [0.1, 0.15) is 0 Å². The molecule has 0 radical (unpaired) electrons. The summed E-state index contributed by atoms with van der Waals surface area (Å²) in [5, 5.41) is 9.02. The van der Waals surface area contributed by atoms with Gasteiger partial charge in [-0.05, 0) is 49.7 Å². The Morgan fingerprint density at radius 2 is 2.27 bits per heavy atom. The van der Waals surface area contributed by atoms with Crippen LogP contribution in [-0.4, -0.2) is 26.7 Å². The van der Waals surface area contributed by atoms with Crippen LogP contribution in [0.1, 0.15) is 17.7 Å². The molecule has 0 atom stereocenters. The van der Waals surface area contributed by atoms with Gasteiger partial charge in [0.05, 0.1) is 0 Å². The Morgan fingerprint density at radius 3 is 2.87 bits per heavy atom. The molecule has 1 aromatic heterocycles. The van der Waals surface area contributed by atoms with Crippen LogP contribution in [0.5, 0.6) is 0 Å². The van der Waals surface area contributed by atoms with Crippen molar-refractivity contribution >= 4 is 11.3 Å². The van der Waals surface area contributed by atoms with Crippen LogP contribution in [0, 0.1) is 5.41 Å². The van der Waals surface area contributed by atoms with Crippen LogP contribution in [-0.2, 0) is 6.42 Å². The van der Waals surface area contributed by atoms with E-state index < -0.39 is 0 Å². The zero-order valence-corrected chi connectivity index (χ0v) is 10.2. The second-order valence-corrected chi connectivity index (χ2v) is 5.57. The average molecular weight is 224 g/mol. The molecule has 84 valence electrons. The van der Waals surface area contributed by atoms with Crippen molar-refractivity contribution in [3.05, 3.63) is 22.4 Å². The summed E-state index contributed by atoms with van der Waals surface area (Å²) in [6.45, 7) is 3.46. The van der Waals surface area contributed by atoms with E-state index in [4.69, 9.17) is 0 Å². The lowest BCUT2D eigenvalue weighted by molar-refractivity contribution is 0.441. The number of thiophene rings is 1. The van der Waals surface area contributed by atoms with E-state index in [9.17, 15) is 0 Å². The summed E-state index contributed by atoms with van der Waals surface area (Å²) in [7, 11) is 2.05. The van der Waals surface area contributed by atoms with Crippen LogP contribution in [0.2, 0.25) is 0 Å². The van der Waals surface area contributed by atoms with Crippen molar-refractivity contribution in [1.82, 2.24) is 10.6 Å². The summed E-state index contributed by atoms with van der Waals surface area (Å²) in [5.74, 6) is 0. The van der Waals surface area contributed by atoms with Crippen molar-refractivity contribution in [1.29, 1.82) is 0 Å². The van der Waals surface area contributed by atoms with Crippen molar-refractivity contribution in [3.8, 4) is 0 Å². The first-order valence-corrected chi connectivity index (χ1v) is 6.60. The van der Waals surface area contributed by atoms with Gasteiger partial charge in [-0.2, -0.15) is 0 Å². The van der Waals surface area contributed by atoms with Gasteiger partial charge < -0.3 is 10.6 Å². The van der Waals surface area contributed by atoms with E-state index >= 15 is 0 Å². The molecule has 2 N–H and O–H groups in total. The largest absolute Gasteiger partial charge is 0.319 e. The third-order valence-electron chi connectivity index (χ3n) is 3.14. The number of nitrogens with one attached hydrogen (secondary N) is 2. The summed E-state index contributed by atoms with van der Waals surface area (Å²) < 4.78 is 0. The first-order chi connectivity index (χ1) is 7.35. The zero-order chi connectivity index (χ0) is 10.6. The van der Waals surface area contributed by atoms with Gasteiger partial charge in [0.15, 0.2) is 0 Å². The van der Waals surface area contributed by atoms with Gasteiger partial charge in [0.25, 0.3) is 0 Å². The van der Waals surface area contributed by atoms with Gasteiger partial charge in [0, 0.05) is 18.0 Å². The molecule has 1 saturated carbocycles. The van der Waals surface area contributed by atoms with E-state index in [-0.39, 0.29) is 0 Å². The molecule has 2 rings (SSSR count). The van der Waals surface area contributed by atoms with Crippen LogP contribution < -0.4 is 10.6 Å². The van der Waals surface area contributed by atoms with Crippen LogP contribution >= 0.6 is 11.3 Å². The molecule has 2 nitrogen and oxygen atoms in total. The zero-order valence-electron chi connectivity index (χ0n) is 9.38. The Balaban J connectivity index is 1.59. The van der Waals surface area contributed by atoms with E-state index in [2.05, 4.69) is 28.1 Å². The van der Waals surface area contributed by atoms with Gasteiger partial charge in [-0.15, -0.1) is 11.3 Å². The van der Waals surface area contributed by atoms with Crippen molar-refractivity contribution in [2.75, 3.05) is 26.7 Å². The fourth-order valence-electron chi connectivity index (χ4n) is 1.99. The Hall–Kier alpha value is -0.380. The Labute approximate surface area is 96.1 Å². The van der Waals surface area contributed by atoms with Crippen molar-refractivity contribution in [2.45, 2.75) is 19.3 Å². The molecule has 0 aliphatic heterocycles. The summed E-state index contributed by atoms with van der Waals surface area (Å²) in [6.07, 6.45) is 3.95. The number of hydrogen-bond acceptors (Lipinski definition) is 3. The van der Waals surface area contributed by atoms with Crippen LogP contribution in [0.15, 0.2) is 17.5 Å². The van der Waals surface area contributed by atoms with Crippen molar-refractivity contribution < 1.29 is 0 Å². The van der Waals surface area contributed by atoms with Gasteiger partial charge >= 0.3 is 0 Å². The van der Waals surface area contributed by atoms with E-state index in [1.54, 1.807) is 0 Å². The highest BCUT2D eigenvalue weighted by Crippen LogP contribution is 2.44. The van der Waals surface area contributed by atoms with Gasteiger partial charge in [0.2, 0.25) is 0 Å². The highest BCUT2D eigenvalue weighted by Gasteiger charge is 2.41. The van der Waals surface area contributed by atoms with Gasteiger partial charge in [-0.25, -0.2) is 0 Å². The average Bonchev–Trinajstić information content (AvgIpc) is 2.80. The molecule has 0 bridgehead atoms. The Kier molecular flexibility index (Phi) is 3.78. The molecular weight excluding hydrogens is 204 g/mol. The molecule has 1 heterocycles. The molecule has 1 aliphatic rings. The highest BCUT2D eigenvalue weighted by atomic mass is 32.1. The van der Waals surface area contributed by atoms with E-state index in [1.807, 2.05) is 18.4 Å². The lowest BCUT2D eigenvalue weighted by atomic mass is 10.1. The van der Waals surface area contributed by atoms with Crippen molar-refractivity contribution in [2.24, 2.45) is 5.41 Å². The van der Waals surface area contributed by atoms with Crippen LogP contribution in [0.25, 0.3) is 0 Å². The molecule has 1 aliphatic carbocycles. The smallest absolute Gasteiger partial charge is 0.00578 e. The molecule has 0 spiro atoms. The predicted octanol–water partition coefficient (Wildman–Crippen LogP) is 1.88. The normalized spacial score (nSPS) is 17.9. The molecule has 0 aromatic carbocycles. The third-order valence-corrected chi connectivity index (χ3v) is 4.07. The predicted molar refractivity (Wildman–Crippen MR) is 66.5 cm³/mol. The maximum Gasteiger partial charge on any atom is 0.00578 e. The molecule has 1 fully saturated rings. The van der Waals surface area contributed by atoms with Crippen molar-refractivity contribution in [3.63, 3.8) is 0 Å². The molecule has 1 aromatic rings. The maximum atomic E-state index is 3.58. The van der Waals surface area contributed by atoms with E-state index in [1.165, 1.54) is 37.2 Å². The topological polar surface area (TPSA) is 24.1 Å². The van der Waals surface area contributed by atoms with E-state index in [0.717, 1.165) is 6.54 Å². The summed E-state index contributed by atoms with van der Waals surface area (Å²) in [4.78, 5) is 1.49. The Morgan fingerprint density at radius 1 is 1.40 bits per heavy atom. The fraction of sp³-hybridized carbons (Fsp3) is 0.667. The fourth-order valence-corrected chi connectivity index (χ4v) is 2.70. The maximum absolute atomic E-state index is 3.58. The summed E-state index contributed by atoms with van der Waals surface area (Å²) in [6, 6.07) is 4.34. The highest BCUT2D eigenvalue weighted by molar-refractivity contribution is 7.09. The molecular formula is C12H20N2S. The van der Waals surface area contributed by atoms with Gasteiger partial charge in [-0.3, -0.25) is 0 Å². The SMILES string of the molecule is CNCC1(CNCCc2cccs2)CC1. The summed E-state index contributed by atoms with van der Waals surface area (Å²) in [5.41, 5.74) is 0.587.